The van der Waals surface area contributed by atoms with Gasteiger partial charge in [-0.2, -0.15) is 0 Å². The maximum atomic E-state index is 11.3. The maximum Gasteiger partial charge on any atom is 0.337 e. The maximum absolute atomic E-state index is 11.3. The van der Waals surface area contributed by atoms with Gasteiger partial charge in [0.05, 0.1) is 16.3 Å². The third kappa shape index (κ3) is 2.38. The fourth-order valence-electron chi connectivity index (χ4n) is 2.62. The zero-order valence-electron chi connectivity index (χ0n) is 10.3. The summed E-state index contributed by atoms with van der Waals surface area (Å²) in [6, 6.07) is 3.44. The quantitative estimate of drug-likeness (QED) is 0.827. The molecule has 1 fully saturated rings. The number of nitrogens with two attached hydrogens (primary N) is 1. The number of hydrogen-bond donors (Lipinski definition) is 2. The molecule has 0 atom stereocenters. The Hall–Kier alpha value is -1.42. The third-order valence-electron chi connectivity index (χ3n) is 3.54. The van der Waals surface area contributed by atoms with E-state index in [2.05, 4.69) is 0 Å². The topological polar surface area (TPSA) is 66.6 Å². The Labute approximate surface area is 111 Å². The molecule has 0 saturated heterocycles. The average Bonchev–Trinajstić information content (AvgIpc) is 2.80. The van der Waals surface area contributed by atoms with Crippen molar-refractivity contribution in [3.8, 4) is 0 Å². The second kappa shape index (κ2) is 5.06. The summed E-state index contributed by atoms with van der Waals surface area (Å²) in [6.07, 6.45) is 4.53. The molecular formula is C13H17ClN2O2. The van der Waals surface area contributed by atoms with Crippen molar-refractivity contribution in [2.24, 2.45) is 0 Å². The van der Waals surface area contributed by atoms with Crippen LogP contribution in [0.1, 0.15) is 36.0 Å². The number of nitrogen functional groups attached to an aromatic ring is 1. The SMILES string of the molecule is CN(c1c(Cl)cc(N)cc1C(=O)O)C1CCCC1. The van der Waals surface area contributed by atoms with Crippen LogP contribution in [-0.2, 0) is 0 Å². The van der Waals surface area contributed by atoms with Crippen LogP contribution >= 0.6 is 11.6 Å². The number of carbonyl (C=O) groups is 1. The molecule has 1 aliphatic carbocycles. The molecule has 1 aromatic carbocycles. The van der Waals surface area contributed by atoms with Crippen molar-refractivity contribution in [2.45, 2.75) is 31.7 Å². The molecule has 0 spiro atoms. The van der Waals surface area contributed by atoms with E-state index in [9.17, 15) is 9.90 Å². The molecule has 0 aromatic heterocycles. The Kier molecular flexibility index (Phi) is 3.66. The first kappa shape index (κ1) is 13.0. The summed E-state index contributed by atoms with van der Waals surface area (Å²) >= 11 is 6.17. The number of carboxylic acids is 1. The molecule has 98 valence electrons. The summed E-state index contributed by atoms with van der Waals surface area (Å²) in [5, 5.41) is 9.67. The molecule has 4 nitrogen and oxygen atoms in total. The zero-order valence-corrected chi connectivity index (χ0v) is 11.1. The monoisotopic (exact) mass is 268 g/mol. The van der Waals surface area contributed by atoms with Crippen molar-refractivity contribution in [1.29, 1.82) is 0 Å². The Bertz CT molecular complexity index is 470. The fraction of sp³-hybridized carbons (Fsp3) is 0.462. The number of anilines is 2. The highest BCUT2D eigenvalue weighted by molar-refractivity contribution is 6.34. The molecule has 1 aliphatic rings. The van der Waals surface area contributed by atoms with Gasteiger partial charge in [-0.15, -0.1) is 0 Å². The van der Waals surface area contributed by atoms with Crippen molar-refractivity contribution in [3.05, 3.63) is 22.7 Å². The minimum Gasteiger partial charge on any atom is -0.478 e. The first-order valence-corrected chi connectivity index (χ1v) is 6.43. The van der Waals surface area contributed by atoms with Gasteiger partial charge in [-0.3, -0.25) is 0 Å². The highest BCUT2D eigenvalue weighted by Crippen LogP contribution is 2.36. The van der Waals surface area contributed by atoms with Crippen LogP contribution < -0.4 is 10.6 Å². The summed E-state index contributed by atoms with van der Waals surface area (Å²) in [6.45, 7) is 0. The average molecular weight is 269 g/mol. The Morgan fingerprint density at radius 1 is 1.44 bits per heavy atom. The summed E-state index contributed by atoms with van der Waals surface area (Å²) in [5.41, 5.74) is 6.78. The number of benzene rings is 1. The minimum absolute atomic E-state index is 0.175. The number of rotatable bonds is 3. The van der Waals surface area contributed by atoms with E-state index in [1.807, 2.05) is 11.9 Å². The van der Waals surface area contributed by atoms with Gasteiger partial charge in [-0.1, -0.05) is 24.4 Å². The van der Waals surface area contributed by atoms with Gasteiger partial charge in [-0.25, -0.2) is 4.79 Å². The molecule has 0 bridgehead atoms. The molecule has 18 heavy (non-hydrogen) atoms. The van der Waals surface area contributed by atoms with E-state index in [-0.39, 0.29) is 5.56 Å². The number of aromatic carboxylic acids is 1. The van der Waals surface area contributed by atoms with Crippen LogP contribution in [0, 0.1) is 0 Å². The molecule has 1 aromatic rings. The van der Waals surface area contributed by atoms with Crippen LogP contribution in [0.15, 0.2) is 12.1 Å². The summed E-state index contributed by atoms with van der Waals surface area (Å²) in [4.78, 5) is 13.3. The van der Waals surface area contributed by atoms with Crippen LogP contribution in [0.2, 0.25) is 5.02 Å². The van der Waals surface area contributed by atoms with Gasteiger partial charge in [0.25, 0.3) is 0 Å². The van der Waals surface area contributed by atoms with Crippen LogP contribution in [0.4, 0.5) is 11.4 Å². The zero-order chi connectivity index (χ0) is 13.3. The molecule has 0 heterocycles. The summed E-state index contributed by atoms with van der Waals surface area (Å²) in [7, 11) is 1.90. The highest BCUT2D eigenvalue weighted by Gasteiger charge is 2.25. The number of halogens is 1. The van der Waals surface area contributed by atoms with E-state index in [4.69, 9.17) is 17.3 Å². The second-order valence-corrected chi connectivity index (χ2v) is 5.16. The predicted octanol–water partition coefficient (Wildman–Crippen LogP) is 3.00. The highest BCUT2D eigenvalue weighted by atomic mass is 35.5. The number of nitrogens with zero attached hydrogens (tertiary/aromatic N) is 1. The van der Waals surface area contributed by atoms with Crippen molar-refractivity contribution in [3.63, 3.8) is 0 Å². The van der Waals surface area contributed by atoms with Gasteiger partial charge >= 0.3 is 5.97 Å². The standard InChI is InChI=1S/C13H17ClN2O2/c1-16(9-4-2-3-5-9)12-10(13(17)18)6-8(15)7-11(12)14/h6-7,9H,2-5,15H2,1H3,(H,17,18). The van der Waals surface area contributed by atoms with Crippen molar-refractivity contribution in [2.75, 3.05) is 17.7 Å². The first-order chi connectivity index (χ1) is 8.50. The van der Waals surface area contributed by atoms with E-state index in [1.165, 1.54) is 18.9 Å². The van der Waals surface area contributed by atoms with E-state index in [0.29, 0.717) is 22.4 Å². The van der Waals surface area contributed by atoms with Gasteiger partial charge in [0.1, 0.15) is 0 Å². The molecule has 0 unspecified atom stereocenters. The number of carboxylic acid groups (broad SMARTS) is 1. The van der Waals surface area contributed by atoms with Crippen LogP contribution in [0.25, 0.3) is 0 Å². The summed E-state index contributed by atoms with van der Waals surface area (Å²) < 4.78 is 0. The lowest BCUT2D eigenvalue weighted by molar-refractivity contribution is 0.0697. The Morgan fingerprint density at radius 2 is 2.06 bits per heavy atom. The van der Waals surface area contributed by atoms with E-state index in [1.54, 1.807) is 6.07 Å². The molecule has 5 heteroatoms. The number of hydrogen-bond acceptors (Lipinski definition) is 3. The van der Waals surface area contributed by atoms with Crippen LogP contribution in [0.3, 0.4) is 0 Å². The largest absolute Gasteiger partial charge is 0.478 e. The molecule has 0 aliphatic heterocycles. The fourth-order valence-corrected chi connectivity index (χ4v) is 2.98. The van der Waals surface area contributed by atoms with Gasteiger partial charge < -0.3 is 15.7 Å². The van der Waals surface area contributed by atoms with E-state index >= 15 is 0 Å². The molecular weight excluding hydrogens is 252 g/mol. The lowest BCUT2D eigenvalue weighted by Gasteiger charge is -2.29. The first-order valence-electron chi connectivity index (χ1n) is 6.06. The van der Waals surface area contributed by atoms with Crippen molar-refractivity contribution in [1.82, 2.24) is 0 Å². The summed E-state index contributed by atoms with van der Waals surface area (Å²) in [5.74, 6) is -0.996. The third-order valence-corrected chi connectivity index (χ3v) is 3.83. The van der Waals surface area contributed by atoms with E-state index < -0.39 is 5.97 Å². The minimum atomic E-state index is -0.996. The normalized spacial score (nSPS) is 15.9. The molecule has 3 N–H and O–H groups in total. The van der Waals surface area contributed by atoms with Gasteiger partial charge in [0.2, 0.25) is 0 Å². The van der Waals surface area contributed by atoms with Crippen LogP contribution in [0.5, 0.6) is 0 Å². The molecule has 0 radical (unpaired) electrons. The lowest BCUT2D eigenvalue weighted by Crippen LogP contribution is -2.30. The predicted molar refractivity (Wildman–Crippen MR) is 73.5 cm³/mol. The molecule has 1 saturated carbocycles. The van der Waals surface area contributed by atoms with Crippen molar-refractivity contribution >= 4 is 28.9 Å². The van der Waals surface area contributed by atoms with Crippen molar-refractivity contribution < 1.29 is 9.90 Å². The smallest absolute Gasteiger partial charge is 0.337 e. The lowest BCUT2D eigenvalue weighted by atomic mass is 10.1. The molecule has 2 rings (SSSR count). The second-order valence-electron chi connectivity index (χ2n) is 4.75. The Balaban J connectivity index is 2.44. The van der Waals surface area contributed by atoms with Gasteiger partial charge in [0, 0.05) is 18.8 Å². The Morgan fingerprint density at radius 3 is 2.61 bits per heavy atom. The van der Waals surface area contributed by atoms with Crippen LogP contribution in [-0.4, -0.2) is 24.2 Å². The van der Waals surface area contributed by atoms with Gasteiger partial charge in [-0.05, 0) is 25.0 Å². The van der Waals surface area contributed by atoms with Gasteiger partial charge in [0.15, 0.2) is 0 Å². The molecule has 0 amide bonds. The van der Waals surface area contributed by atoms with E-state index in [0.717, 1.165) is 12.8 Å².